The first kappa shape index (κ1) is 21.7. The van der Waals surface area contributed by atoms with Crippen molar-refractivity contribution in [2.45, 2.75) is 37.6 Å². The van der Waals surface area contributed by atoms with Crippen molar-refractivity contribution in [2.24, 2.45) is 0 Å². The molecule has 0 spiro atoms. The van der Waals surface area contributed by atoms with Gasteiger partial charge in [0.15, 0.2) is 5.13 Å². The van der Waals surface area contributed by atoms with E-state index in [-0.39, 0.29) is 24.2 Å². The lowest BCUT2D eigenvalue weighted by Crippen LogP contribution is -2.44. The van der Waals surface area contributed by atoms with Crippen molar-refractivity contribution >= 4 is 34.0 Å². The Morgan fingerprint density at radius 1 is 1.19 bits per heavy atom. The van der Waals surface area contributed by atoms with Crippen molar-refractivity contribution in [3.8, 4) is 0 Å². The Labute approximate surface area is 183 Å². The molecule has 2 atom stereocenters. The molecular weight excluding hydrogens is 423 g/mol. The van der Waals surface area contributed by atoms with E-state index < -0.39 is 18.2 Å². The van der Waals surface area contributed by atoms with Crippen molar-refractivity contribution in [2.75, 3.05) is 36.5 Å². The van der Waals surface area contributed by atoms with Gasteiger partial charge in [0, 0.05) is 31.2 Å². The summed E-state index contributed by atoms with van der Waals surface area (Å²) >= 11 is 1.25. The number of anilines is 2. The zero-order chi connectivity index (χ0) is 21.8. The molecule has 2 aliphatic rings. The number of carbonyl (C=O) groups excluding carboxylic acids is 2. The average Bonchev–Trinajstić information content (AvgIpc) is 3.27. The van der Waals surface area contributed by atoms with Crippen LogP contribution in [0.1, 0.15) is 40.1 Å². The topological polar surface area (TPSA) is 104 Å². The summed E-state index contributed by atoms with van der Waals surface area (Å²) < 4.78 is 19.1. The zero-order valence-corrected chi connectivity index (χ0v) is 17.7. The Kier molecular flexibility index (Phi) is 6.79. The minimum absolute atomic E-state index is 0.0466. The monoisotopic (exact) mass is 448 g/mol. The molecule has 2 saturated heterocycles. The zero-order valence-electron chi connectivity index (χ0n) is 16.9. The fraction of sp³-hybridized carbons (Fsp3) is 0.476. The second-order valence-corrected chi connectivity index (χ2v) is 8.53. The van der Waals surface area contributed by atoms with Crippen molar-refractivity contribution < 1.29 is 23.8 Å². The molecule has 10 heteroatoms. The Bertz CT molecular complexity index is 934. The second kappa shape index (κ2) is 9.71. The predicted octanol–water partition coefficient (Wildman–Crippen LogP) is 2.21. The molecule has 0 saturated carbocycles. The number of benzene rings is 1. The first-order valence-corrected chi connectivity index (χ1v) is 11.2. The van der Waals surface area contributed by atoms with E-state index in [2.05, 4.69) is 15.6 Å². The van der Waals surface area contributed by atoms with E-state index in [1.807, 2.05) is 0 Å². The predicted molar refractivity (Wildman–Crippen MR) is 116 cm³/mol. The van der Waals surface area contributed by atoms with Crippen LogP contribution < -0.4 is 15.5 Å². The van der Waals surface area contributed by atoms with E-state index in [1.54, 1.807) is 34.5 Å². The van der Waals surface area contributed by atoms with Crippen molar-refractivity contribution in [1.82, 2.24) is 10.3 Å². The lowest BCUT2D eigenvalue weighted by molar-refractivity contribution is 0.0615. The number of piperidine rings is 1. The molecule has 0 bridgehead atoms. The SMILES string of the molecule is O=C(Nc1ccccc1C(=O)NC1CCOCC1)c1csc(N2CC[C@@H](O)[C@@H](F)C2)n1. The third kappa shape index (κ3) is 5.20. The summed E-state index contributed by atoms with van der Waals surface area (Å²) in [7, 11) is 0. The van der Waals surface area contributed by atoms with Crippen LogP contribution >= 0.6 is 11.3 Å². The molecule has 31 heavy (non-hydrogen) atoms. The van der Waals surface area contributed by atoms with Crippen LogP contribution in [0.15, 0.2) is 29.6 Å². The number of aromatic nitrogens is 1. The van der Waals surface area contributed by atoms with Gasteiger partial charge in [0.25, 0.3) is 11.8 Å². The molecule has 2 aromatic rings. The number of para-hydroxylation sites is 1. The summed E-state index contributed by atoms with van der Waals surface area (Å²) in [6.45, 7) is 1.76. The number of rotatable bonds is 5. The van der Waals surface area contributed by atoms with Gasteiger partial charge in [0.1, 0.15) is 11.9 Å². The number of carbonyl (C=O) groups is 2. The summed E-state index contributed by atoms with van der Waals surface area (Å²) in [6.07, 6.45) is -0.457. The first-order chi connectivity index (χ1) is 15.0. The lowest BCUT2D eigenvalue weighted by atomic mass is 10.1. The minimum atomic E-state index is -1.34. The number of amides is 2. The van der Waals surface area contributed by atoms with Gasteiger partial charge in [0.2, 0.25) is 0 Å². The maximum atomic E-state index is 13.8. The summed E-state index contributed by atoms with van der Waals surface area (Å²) in [6, 6.07) is 6.87. The molecule has 8 nitrogen and oxygen atoms in total. The highest BCUT2D eigenvalue weighted by Crippen LogP contribution is 2.26. The van der Waals surface area contributed by atoms with E-state index in [0.29, 0.717) is 42.6 Å². The minimum Gasteiger partial charge on any atom is -0.390 e. The van der Waals surface area contributed by atoms with Crippen LogP contribution in [0, 0.1) is 0 Å². The number of aliphatic hydroxyl groups excluding tert-OH is 1. The number of hydrogen-bond donors (Lipinski definition) is 3. The van der Waals surface area contributed by atoms with Crippen molar-refractivity contribution in [3.05, 3.63) is 40.9 Å². The molecule has 2 fully saturated rings. The fourth-order valence-corrected chi connectivity index (χ4v) is 4.50. The molecule has 3 heterocycles. The summed E-state index contributed by atoms with van der Waals surface area (Å²) in [4.78, 5) is 31.5. The molecule has 1 aromatic heterocycles. The maximum absolute atomic E-state index is 13.8. The van der Waals surface area contributed by atoms with Crippen LogP contribution in [-0.4, -0.2) is 66.5 Å². The Morgan fingerprint density at radius 2 is 1.97 bits per heavy atom. The number of nitrogens with zero attached hydrogens (tertiary/aromatic N) is 2. The van der Waals surface area contributed by atoms with Gasteiger partial charge < -0.3 is 25.4 Å². The van der Waals surface area contributed by atoms with Crippen molar-refractivity contribution in [1.29, 1.82) is 0 Å². The van der Waals surface area contributed by atoms with Crippen LogP contribution in [0.5, 0.6) is 0 Å². The van der Waals surface area contributed by atoms with Crippen LogP contribution in [0.4, 0.5) is 15.2 Å². The number of halogens is 1. The third-order valence-electron chi connectivity index (χ3n) is 5.48. The number of nitrogens with one attached hydrogen (secondary N) is 2. The highest BCUT2D eigenvalue weighted by Gasteiger charge is 2.29. The third-order valence-corrected chi connectivity index (χ3v) is 6.38. The molecular formula is C21H25FN4O4S. The van der Waals surface area contributed by atoms with Crippen LogP contribution in [0.25, 0.3) is 0 Å². The normalized spacial score (nSPS) is 22.2. The highest BCUT2D eigenvalue weighted by atomic mass is 32.1. The van der Waals surface area contributed by atoms with Crippen LogP contribution in [0.3, 0.4) is 0 Å². The Balaban J connectivity index is 1.42. The van der Waals surface area contributed by atoms with Gasteiger partial charge in [-0.05, 0) is 31.4 Å². The maximum Gasteiger partial charge on any atom is 0.275 e. The first-order valence-electron chi connectivity index (χ1n) is 10.3. The number of aliphatic hydroxyl groups is 1. The summed E-state index contributed by atoms with van der Waals surface area (Å²) in [5, 5.41) is 17.5. The fourth-order valence-electron chi connectivity index (χ4n) is 3.66. The smallest absolute Gasteiger partial charge is 0.275 e. The van der Waals surface area contributed by atoms with E-state index >= 15 is 0 Å². The molecule has 0 aliphatic carbocycles. The van der Waals surface area contributed by atoms with Gasteiger partial charge in [-0.25, -0.2) is 9.37 Å². The summed E-state index contributed by atoms with van der Waals surface area (Å²) in [5.41, 5.74) is 0.973. The largest absolute Gasteiger partial charge is 0.390 e. The standard InChI is InChI=1S/C21H25FN4O4S/c22-15-11-26(8-5-18(15)27)21-25-17(12-31-21)20(29)24-16-4-2-1-3-14(16)19(28)23-13-6-9-30-10-7-13/h1-4,12-13,15,18,27H,5-11H2,(H,23,28)(H,24,29)/t15-,18+/m0/s1. The van der Waals surface area contributed by atoms with Crippen LogP contribution in [-0.2, 0) is 4.74 Å². The molecule has 4 rings (SSSR count). The van der Waals surface area contributed by atoms with E-state index in [9.17, 15) is 19.1 Å². The quantitative estimate of drug-likeness (QED) is 0.648. The summed E-state index contributed by atoms with van der Waals surface area (Å²) in [5.74, 6) is -0.690. The average molecular weight is 449 g/mol. The number of alkyl halides is 1. The molecule has 1 aromatic carbocycles. The molecule has 3 N–H and O–H groups in total. The molecule has 166 valence electrons. The highest BCUT2D eigenvalue weighted by molar-refractivity contribution is 7.14. The van der Waals surface area contributed by atoms with Gasteiger partial charge >= 0.3 is 0 Å². The number of ether oxygens (including phenoxy) is 1. The number of hydrogen-bond acceptors (Lipinski definition) is 7. The van der Waals surface area contributed by atoms with Gasteiger partial charge in [-0.3, -0.25) is 9.59 Å². The van der Waals surface area contributed by atoms with E-state index in [0.717, 1.165) is 12.8 Å². The molecule has 0 unspecified atom stereocenters. The van der Waals surface area contributed by atoms with Gasteiger partial charge in [0.05, 0.1) is 23.9 Å². The lowest BCUT2D eigenvalue weighted by Gasteiger charge is -2.31. The second-order valence-electron chi connectivity index (χ2n) is 7.69. The number of thiazole rings is 1. The Hall–Kier alpha value is -2.56. The van der Waals surface area contributed by atoms with E-state index in [4.69, 9.17) is 4.74 Å². The van der Waals surface area contributed by atoms with Gasteiger partial charge in [-0.1, -0.05) is 12.1 Å². The van der Waals surface area contributed by atoms with E-state index in [1.165, 1.54) is 11.3 Å². The Morgan fingerprint density at radius 3 is 2.74 bits per heavy atom. The molecule has 2 amide bonds. The van der Waals surface area contributed by atoms with Crippen molar-refractivity contribution in [3.63, 3.8) is 0 Å². The van der Waals surface area contributed by atoms with Gasteiger partial charge in [-0.2, -0.15) is 0 Å². The van der Waals surface area contributed by atoms with Crippen LogP contribution in [0.2, 0.25) is 0 Å². The molecule has 0 radical (unpaired) electrons. The van der Waals surface area contributed by atoms with Gasteiger partial charge in [-0.15, -0.1) is 11.3 Å². The molecule has 2 aliphatic heterocycles.